The van der Waals surface area contributed by atoms with E-state index in [-0.39, 0.29) is 35.0 Å². The molecule has 3 rings (SSSR count). The first-order chi connectivity index (χ1) is 12.4. The van der Waals surface area contributed by atoms with Gasteiger partial charge in [-0.2, -0.15) is 4.31 Å². The second kappa shape index (κ2) is 7.92. The molecule has 1 fully saturated rings. The van der Waals surface area contributed by atoms with Crippen LogP contribution in [0.5, 0.6) is 0 Å². The standard InChI is InChI=1S/C17H17Cl2N3O3S/c18-13-4-1-2-5-14(13)21-17(23)12-7-10-22(11-8-12)26(24,25)15-6-3-9-20-16(15)19/h1-6,9,12H,7-8,10-11H2,(H,21,23). The van der Waals surface area contributed by atoms with Crippen LogP contribution >= 0.6 is 23.2 Å². The van der Waals surface area contributed by atoms with Gasteiger partial charge in [0.2, 0.25) is 15.9 Å². The van der Waals surface area contributed by atoms with Crippen molar-refractivity contribution in [1.82, 2.24) is 9.29 Å². The van der Waals surface area contributed by atoms with Gasteiger partial charge in [0, 0.05) is 25.2 Å². The van der Waals surface area contributed by atoms with Crippen molar-refractivity contribution in [3.05, 3.63) is 52.8 Å². The molecule has 1 saturated heterocycles. The van der Waals surface area contributed by atoms with Gasteiger partial charge in [-0.15, -0.1) is 0 Å². The average Bonchev–Trinajstić information content (AvgIpc) is 2.64. The second-order valence-corrected chi connectivity index (χ2v) is 8.61. The van der Waals surface area contributed by atoms with E-state index in [1.54, 1.807) is 24.3 Å². The third-order valence-electron chi connectivity index (χ3n) is 4.30. The zero-order valence-electron chi connectivity index (χ0n) is 13.7. The lowest BCUT2D eigenvalue weighted by atomic mass is 9.97. The Kier molecular flexibility index (Phi) is 5.82. The minimum atomic E-state index is -3.72. The Balaban J connectivity index is 1.65. The monoisotopic (exact) mass is 413 g/mol. The molecule has 26 heavy (non-hydrogen) atoms. The number of anilines is 1. The minimum absolute atomic E-state index is 0.0133. The number of para-hydroxylation sites is 1. The Hall–Kier alpha value is -1.67. The van der Waals surface area contributed by atoms with E-state index in [4.69, 9.17) is 23.2 Å². The van der Waals surface area contributed by atoms with Crippen LogP contribution in [0.1, 0.15) is 12.8 Å². The van der Waals surface area contributed by atoms with Gasteiger partial charge < -0.3 is 5.32 Å². The first kappa shape index (κ1) is 19.1. The van der Waals surface area contributed by atoms with Gasteiger partial charge in [-0.1, -0.05) is 35.3 Å². The molecule has 0 radical (unpaired) electrons. The zero-order chi connectivity index (χ0) is 18.7. The van der Waals surface area contributed by atoms with Gasteiger partial charge in [0.15, 0.2) is 0 Å². The summed E-state index contributed by atoms with van der Waals surface area (Å²) in [6, 6.07) is 9.96. The van der Waals surface area contributed by atoms with Crippen LogP contribution in [0.3, 0.4) is 0 Å². The maximum Gasteiger partial charge on any atom is 0.246 e. The summed E-state index contributed by atoms with van der Waals surface area (Å²) in [5.74, 6) is -0.434. The molecule has 0 spiro atoms. The number of nitrogens with one attached hydrogen (secondary N) is 1. The lowest BCUT2D eigenvalue weighted by molar-refractivity contribution is -0.120. The summed E-state index contributed by atoms with van der Waals surface area (Å²) in [6.07, 6.45) is 2.29. The molecule has 9 heteroatoms. The number of piperidine rings is 1. The Morgan fingerprint density at radius 1 is 1.12 bits per heavy atom. The fraction of sp³-hybridized carbons (Fsp3) is 0.294. The molecule has 0 atom stereocenters. The van der Waals surface area contributed by atoms with Gasteiger partial charge in [-0.3, -0.25) is 4.79 Å². The summed E-state index contributed by atoms with van der Waals surface area (Å²) >= 11 is 12.0. The van der Waals surface area contributed by atoms with Gasteiger partial charge in [0.05, 0.1) is 10.7 Å². The first-order valence-corrected chi connectivity index (χ1v) is 10.3. The SMILES string of the molecule is O=C(Nc1ccccc1Cl)C1CCN(S(=O)(=O)c2cccnc2Cl)CC1. The molecular weight excluding hydrogens is 397 g/mol. The fourth-order valence-electron chi connectivity index (χ4n) is 2.86. The molecule has 1 aromatic heterocycles. The van der Waals surface area contributed by atoms with Crippen molar-refractivity contribution >= 4 is 44.8 Å². The Morgan fingerprint density at radius 2 is 1.81 bits per heavy atom. The van der Waals surface area contributed by atoms with Crippen molar-refractivity contribution in [2.24, 2.45) is 5.92 Å². The van der Waals surface area contributed by atoms with Crippen LogP contribution in [0, 0.1) is 5.92 Å². The molecule has 1 aromatic carbocycles. The molecule has 2 heterocycles. The predicted octanol–water partition coefficient (Wildman–Crippen LogP) is 3.43. The number of carbonyl (C=O) groups excluding carboxylic acids is 1. The number of amides is 1. The molecule has 0 bridgehead atoms. The third-order valence-corrected chi connectivity index (χ3v) is 6.97. The smallest absolute Gasteiger partial charge is 0.246 e. The molecule has 0 unspecified atom stereocenters. The average molecular weight is 414 g/mol. The summed E-state index contributed by atoms with van der Waals surface area (Å²) < 4.78 is 26.7. The van der Waals surface area contributed by atoms with Crippen LogP contribution < -0.4 is 5.32 Å². The van der Waals surface area contributed by atoms with Crippen LogP contribution in [-0.2, 0) is 14.8 Å². The van der Waals surface area contributed by atoms with E-state index in [9.17, 15) is 13.2 Å². The van der Waals surface area contributed by atoms with Crippen LogP contribution in [0.2, 0.25) is 10.2 Å². The molecule has 0 saturated carbocycles. The Bertz CT molecular complexity index is 913. The molecule has 1 amide bonds. The molecule has 2 aromatic rings. The number of sulfonamides is 1. The highest BCUT2D eigenvalue weighted by atomic mass is 35.5. The highest BCUT2D eigenvalue weighted by Gasteiger charge is 2.33. The van der Waals surface area contributed by atoms with Crippen molar-refractivity contribution in [3.63, 3.8) is 0 Å². The fourth-order valence-corrected chi connectivity index (χ4v) is 4.94. The lowest BCUT2D eigenvalue weighted by Crippen LogP contribution is -2.41. The number of halogens is 2. The van der Waals surface area contributed by atoms with Crippen molar-refractivity contribution < 1.29 is 13.2 Å². The van der Waals surface area contributed by atoms with Crippen LogP contribution in [0.25, 0.3) is 0 Å². The zero-order valence-corrected chi connectivity index (χ0v) is 16.1. The van der Waals surface area contributed by atoms with E-state index < -0.39 is 10.0 Å². The second-order valence-electron chi connectivity index (χ2n) is 5.94. The summed E-state index contributed by atoms with van der Waals surface area (Å²) in [5, 5.41) is 3.22. The topological polar surface area (TPSA) is 79.4 Å². The number of hydrogen-bond donors (Lipinski definition) is 1. The van der Waals surface area contributed by atoms with E-state index in [1.165, 1.54) is 22.6 Å². The quantitative estimate of drug-likeness (QED) is 0.778. The molecule has 1 aliphatic heterocycles. The summed E-state index contributed by atoms with van der Waals surface area (Å²) in [7, 11) is -3.72. The Labute approximate surface area is 162 Å². The van der Waals surface area contributed by atoms with Crippen LogP contribution in [0.4, 0.5) is 5.69 Å². The number of aromatic nitrogens is 1. The largest absolute Gasteiger partial charge is 0.325 e. The van der Waals surface area contributed by atoms with Crippen molar-refractivity contribution in [2.75, 3.05) is 18.4 Å². The minimum Gasteiger partial charge on any atom is -0.325 e. The molecular formula is C17H17Cl2N3O3S. The van der Waals surface area contributed by atoms with Gasteiger partial charge in [-0.05, 0) is 37.1 Å². The van der Waals surface area contributed by atoms with E-state index in [0.29, 0.717) is 23.6 Å². The number of nitrogens with zero attached hydrogens (tertiary/aromatic N) is 2. The van der Waals surface area contributed by atoms with Gasteiger partial charge in [0.25, 0.3) is 0 Å². The van der Waals surface area contributed by atoms with Gasteiger partial charge >= 0.3 is 0 Å². The highest BCUT2D eigenvalue weighted by Crippen LogP contribution is 2.28. The van der Waals surface area contributed by atoms with Crippen LogP contribution in [0.15, 0.2) is 47.5 Å². The number of rotatable bonds is 4. The molecule has 6 nitrogen and oxygen atoms in total. The molecule has 1 N–H and O–H groups in total. The third kappa shape index (κ3) is 4.01. The summed E-state index contributed by atoms with van der Waals surface area (Å²) in [4.78, 5) is 16.2. The summed E-state index contributed by atoms with van der Waals surface area (Å²) in [6.45, 7) is 0.488. The van der Waals surface area contributed by atoms with Crippen molar-refractivity contribution in [3.8, 4) is 0 Å². The lowest BCUT2D eigenvalue weighted by Gasteiger charge is -2.30. The van der Waals surface area contributed by atoms with Crippen LogP contribution in [-0.4, -0.2) is 36.7 Å². The van der Waals surface area contributed by atoms with E-state index in [0.717, 1.165) is 0 Å². The van der Waals surface area contributed by atoms with Gasteiger partial charge in [-0.25, -0.2) is 13.4 Å². The number of carbonyl (C=O) groups is 1. The van der Waals surface area contributed by atoms with Crippen molar-refractivity contribution in [2.45, 2.75) is 17.7 Å². The number of benzene rings is 1. The number of pyridine rings is 1. The normalized spacial score (nSPS) is 16.4. The molecule has 1 aliphatic rings. The first-order valence-electron chi connectivity index (χ1n) is 8.05. The van der Waals surface area contributed by atoms with Gasteiger partial charge in [0.1, 0.15) is 10.0 Å². The van der Waals surface area contributed by atoms with E-state index in [2.05, 4.69) is 10.3 Å². The van der Waals surface area contributed by atoms with E-state index >= 15 is 0 Å². The number of hydrogen-bond acceptors (Lipinski definition) is 4. The van der Waals surface area contributed by atoms with Crippen molar-refractivity contribution in [1.29, 1.82) is 0 Å². The molecule has 138 valence electrons. The summed E-state index contributed by atoms with van der Waals surface area (Å²) in [5.41, 5.74) is 0.552. The predicted molar refractivity (Wildman–Crippen MR) is 101 cm³/mol. The van der Waals surface area contributed by atoms with E-state index in [1.807, 2.05) is 0 Å². The Morgan fingerprint density at radius 3 is 2.46 bits per heavy atom. The maximum absolute atomic E-state index is 12.7. The molecule has 0 aliphatic carbocycles. The highest BCUT2D eigenvalue weighted by molar-refractivity contribution is 7.89. The maximum atomic E-state index is 12.7.